The van der Waals surface area contributed by atoms with Gasteiger partial charge in [-0.15, -0.1) is 0 Å². The number of hydrogen-bond acceptors (Lipinski definition) is 0. The number of rotatable bonds is 6. The lowest BCUT2D eigenvalue weighted by Crippen LogP contribution is -2.49. The van der Waals surface area contributed by atoms with E-state index in [1.54, 1.807) is 11.1 Å². The quantitative estimate of drug-likeness (QED) is 0.384. The Hall–Kier alpha value is -1.04. The fraction of sp³-hybridized carbons (Fsp3) is 0.733. The van der Waals surface area contributed by atoms with Gasteiger partial charge in [0.2, 0.25) is 0 Å². The molecule has 3 fully saturated rings. The van der Waals surface area contributed by atoms with Crippen molar-refractivity contribution in [1.82, 2.24) is 0 Å². The largest absolute Gasteiger partial charge is 0.0990 e. The Labute approximate surface area is 188 Å². The summed E-state index contributed by atoms with van der Waals surface area (Å²) in [6.45, 7) is 20.5. The molecule has 0 saturated heterocycles. The van der Waals surface area contributed by atoms with Gasteiger partial charge in [-0.05, 0) is 127 Å². The first kappa shape index (κ1) is 23.6. The van der Waals surface area contributed by atoms with Crippen LogP contribution in [-0.2, 0) is 0 Å². The minimum atomic E-state index is 0.467. The maximum atomic E-state index is 4.37. The highest BCUT2D eigenvalue weighted by Crippen LogP contribution is 2.62. The summed E-state index contributed by atoms with van der Waals surface area (Å²) in [6, 6.07) is 0. The average molecular weight is 409 g/mol. The molecule has 0 aromatic rings. The minimum absolute atomic E-state index is 0.467. The predicted octanol–water partition coefficient (Wildman–Crippen LogP) is 9.45. The van der Waals surface area contributed by atoms with Gasteiger partial charge in [-0.2, -0.15) is 0 Å². The van der Waals surface area contributed by atoms with Crippen molar-refractivity contribution in [2.24, 2.45) is 34.5 Å². The molecule has 4 unspecified atom stereocenters. The zero-order chi connectivity index (χ0) is 22.1. The molecule has 5 aliphatic carbocycles. The molecule has 0 heterocycles. The Balaban J connectivity index is 0.000000171. The number of allylic oxidation sites excluding steroid dienone is 7. The summed E-state index contributed by atoms with van der Waals surface area (Å²) >= 11 is 0. The van der Waals surface area contributed by atoms with Crippen LogP contribution < -0.4 is 0 Å². The van der Waals surface area contributed by atoms with Crippen LogP contribution in [0.5, 0.6) is 0 Å². The second kappa shape index (κ2) is 9.22. The fourth-order valence-corrected chi connectivity index (χ4v) is 7.17. The summed E-state index contributed by atoms with van der Waals surface area (Å²) in [5.74, 6) is 3.70. The molecule has 5 rings (SSSR count). The number of fused-ring (bicyclic) bond motifs is 3. The van der Waals surface area contributed by atoms with Gasteiger partial charge in [0.1, 0.15) is 0 Å². The Morgan fingerprint density at radius 3 is 2.10 bits per heavy atom. The van der Waals surface area contributed by atoms with Crippen molar-refractivity contribution in [3.8, 4) is 0 Å². The van der Waals surface area contributed by atoms with E-state index in [1.807, 2.05) is 0 Å². The van der Waals surface area contributed by atoms with E-state index in [2.05, 4.69) is 73.3 Å². The van der Waals surface area contributed by atoms with Crippen LogP contribution in [0.4, 0.5) is 0 Å². The van der Waals surface area contributed by atoms with Crippen molar-refractivity contribution in [2.75, 3.05) is 0 Å². The highest BCUT2D eigenvalue weighted by atomic mass is 14.6. The topological polar surface area (TPSA) is 0 Å². The van der Waals surface area contributed by atoms with E-state index in [1.165, 1.54) is 68.9 Å². The Morgan fingerprint density at radius 1 is 0.967 bits per heavy atom. The second-order valence-corrected chi connectivity index (χ2v) is 12.0. The summed E-state index contributed by atoms with van der Waals surface area (Å²) < 4.78 is 0. The molecular weight excluding hydrogens is 360 g/mol. The van der Waals surface area contributed by atoms with Crippen LogP contribution in [0.1, 0.15) is 106 Å². The van der Waals surface area contributed by atoms with Crippen molar-refractivity contribution in [2.45, 2.75) is 106 Å². The van der Waals surface area contributed by atoms with Crippen molar-refractivity contribution in [1.29, 1.82) is 0 Å². The zero-order valence-corrected chi connectivity index (χ0v) is 21.1. The van der Waals surface area contributed by atoms with Crippen molar-refractivity contribution < 1.29 is 0 Å². The Kier molecular flexibility index (Phi) is 7.26. The average Bonchev–Trinajstić information content (AvgIpc) is 3.24. The highest BCUT2D eigenvalue weighted by molar-refractivity contribution is 5.24. The van der Waals surface area contributed by atoms with Gasteiger partial charge in [0.25, 0.3) is 0 Å². The smallest absolute Gasteiger partial charge is 0.00849 e. The van der Waals surface area contributed by atoms with E-state index in [0.717, 1.165) is 23.7 Å². The van der Waals surface area contributed by atoms with Crippen LogP contribution in [0.3, 0.4) is 0 Å². The van der Waals surface area contributed by atoms with E-state index in [9.17, 15) is 0 Å². The first-order valence-corrected chi connectivity index (χ1v) is 12.7. The summed E-state index contributed by atoms with van der Waals surface area (Å²) in [4.78, 5) is 0. The Morgan fingerprint density at radius 2 is 1.60 bits per heavy atom. The first-order valence-electron chi connectivity index (χ1n) is 12.7. The van der Waals surface area contributed by atoms with E-state index >= 15 is 0 Å². The van der Waals surface area contributed by atoms with Gasteiger partial charge >= 0.3 is 0 Å². The highest BCUT2D eigenvalue weighted by Gasteiger charge is 2.52. The lowest BCUT2D eigenvalue weighted by Gasteiger charge is -2.58. The van der Waals surface area contributed by atoms with Gasteiger partial charge in [-0.1, -0.05) is 60.9 Å². The molecule has 168 valence electrons. The summed E-state index contributed by atoms with van der Waals surface area (Å²) in [5, 5.41) is 0. The lowest BCUT2D eigenvalue weighted by molar-refractivity contribution is -0.0312. The van der Waals surface area contributed by atoms with Crippen LogP contribution in [0.2, 0.25) is 0 Å². The molecule has 5 aliphatic rings. The summed E-state index contributed by atoms with van der Waals surface area (Å²) in [6.07, 6.45) is 19.6. The third-order valence-corrected chi connectivity index (χ3v) is 9.53. The molecule has 0 N–H and O–H groups in total. The van der Waals surface area contributed by atoms with Crippen LogP contribution >= 0.6 is 0 Å². The molecule has 0 radical (unpaired) electrons. The van der Waals surface area contributed by atoms with E-state index in [4.69, 9.17) is 0 Å². The minimum Gasteiger partial charge on any atom is -0.0990 e. The maximum Gasteiger partial charge on any atom is -0.00849 e. The molecule has 0 aromatic carbocycles. The van der Waals surface area contributed by atoms with Crippen molar-refractivity contribution >= 4 is 0 Å². The molecule has 6 atom stereocenters. The molecule has 0 aliphatic heterocycles. The Bertz CT molecular complexity index is 723. The van der Waals surface area contributed by atoms with Crippen LogP contribution in [0.15, 0.2) is 47.1 Å². The van der Waals surface area contributed by atoms with Crippen LogP contribution in [-0.4, -0.2) is 0 Å². The SMILES string of the molecule is C=C1C2CCC(C2)[C@@]1(C)CCC=C(C)C.CC(C)=CCC[C@]1(C)C2CC=C(C)C1C2. The van der Waals surface area contributed by atoms with Gasteiger partial charge in [-0.3, -0.25) is 0 Å². The van der Waals surface area contributed by atoms with Gasteiger partial charge in [0.15, 0.2) is 0 Å². The monoisotopic (exact) mass is 408 g/mol. The third kappa shape index (κ3) is 4.58. The van der Waals surface area contributed by atoms with Gasteiger partial charge in [0.05, 0.1) is 0 Å². The van der Waals surface area contributed by atoms with E-state index in [0.29, 0.717) is 10.8 Å². The lowest BCUT2D eigenvalue weighted by atomic mass is 9.47. The maximum absolute atomic E-state index is 4.37. The normalized spacial score (nSPS) is 38.2. The molecule has 0 heteroatoms. The van der Waals surface area contributed by atoms with E-state index < -0.39 is 0 Å². The van der Waals surface area contributed by atoms with E-state index in [-0.39, 0.29) is 0 Å². The van der Waals surface area contributed by atoms with Crippen LogP contribution in [0, 0.1) is 34.5 Å². The second-order valence-electron chi connectivity index (χ2n) is 12.0. The molecule has 0 nitrogen and oxygen atoms in total. The molecule has 30 heavy (non-hydrogen) atoms. The van der Waals surface area contributed by atoms with Gasteiger partial charge < -0.3 is 0 Å². The molecule has 0 spiro atoms. The molecular formula is C30H48. The van der Waals surface area contributed by atoms with Crippen molar-refractivity contribution in [3.05, 3.63) is 47.1 Å². The summed E-state index contributed by atoms with van der Waals surface area (Å²) in [7, 11) is 0. The van der Waals surface area contributed by atoms with Gasteiger partial charge in [-0.25, -0.2) is 0 Å². The third-order valence-electron chi connectivity index (χ3n) is 9.53. The zero-order valence-electron chi connectivity index (χ0n) is 21.1. The van der Waals surface area contributed by atoms with Gasteiger partial charge in [0, 0.05) is 0 Å². The molecule has 3 saturated carbocycles. The standard InChI is InChI=1S/2C15H24/c1-11(2)6-5-9-15(4)12(3)13-7-8-14(15)10-13;1-11(2)6-5-9-15(4)13-8-7-12(3)14(15)10-13/h6,13-14H,3,5,7-10H2,1-2,4H3;6-7,13-14H,5,8-10H2,1-4H3/t2*13?,14?,15-/m01/s1. The number of hydrogen-bond donors (Lipinski definition) is 0. The van der Waals surface area contributed by atoms with Crippen molar-refractivity contribution in [3.63, 3.8) is 0 Å². The van der Waals surface area contributed by atoms with Crippen LogP contribution in [0.25, 0.3) is 0 Å². The fourth-order valence-electron chi connectivity index (χ4n) is 7.17. The predicted molar refractivity (Wildman–Crippen MR) is 133 cm³/mol. The first-order chi connectivity index (χ1) is 14.1. The molecule has 0 aromatic heterocycles. The molecule has 0 amide bonds. The molecule has 4 bridgehead atoms. The summed E-state index contributed by atoms with van der Waals surface area (Å²) in [5.41, 5.74) is 7.25.